The first-order valence-electron chi connectivity index (χ1n) is 3.35. The molecule has 0 rings (SSSR count). The molecular weight excluding hydrogens is 164 g/mol. The zero-order valence-corrected chi connectivity index (χ0v) is 6.69. The van der Waals surface area contributed by atoms with E-state index in [1.165, 1.54) is 6.92 Å². The van der Waals surface area contributed by atoms with Crippen LogP contribution >= 0.6 is 0 Å². The largest absolute Gasteiger partial charge is 0.480 e. The molecule has 0 radical (unpaired) electrons. The molecule has 6 heteroatoms. The van der Waals surface area contributed by atoms with E-state index in [-0.39, 0.29) is 6.61 Å². The van der Waals surface area contributed by atoms with Crippen molar-refractivity contribution >= 4 is 11.9 Å². The van der Waals surface area contributed by atoms with Crippen LogP contribution in [0.1, 0.15) is 6.92 Å². The molecule has 0 aromatic rings. The van der Waals surface area contributed by atoms with Crippen LogP contribution in [0.5, 0.6) is 0 Å². The van der Waals surface area contributed by atoms with Crippen molar-refractivity contribution in [2.24, 2.45) is 11.5 Å². The number of hydrogen-bond donors (Lipinski definition) is 3. The average Bonchev–Trinajstić information content (AvgIpc) is 1.98. The first kappa shape index (κ1) is 10.9. The van der Waals surface area contributed by atoms with Crippen molar-refractivity contribution in [2.45, 2.75) is 19.0 Å². The summed E-state index contributed by atoms with van der Waals surface area (Å²) in [6.45, 7) is 1.09. The summed E-state index contributed by atoms with van der Waals surface area (Å²) in [6.07, 6.45) is 0. The van der Waals surface area contributed by atoms with Crippen LogP contribution in [-0.2, 0) is 14.3 Å². The number of esters is 1. The number of aliphatic carboxylic acids is 1. The zero-order chi connectivity index (χ0) is 9.72. The summed E-state index contributed by atoms with van der Waals surface area (Å²) in [4.78, 5) is 20.8. The van der Waals surface area contributed by atoms with Crippen LogP contribution < -0.4 is 11.5 Å². The van der Waals surface area contributed by atoms with E-state index in [9.17, 15) is 9.59 Å². The van der Waals surface area contributed by atoms with Crippen molar-refractivity contribution in [2.75, 3.05) is 6.61 Å². The first-order chi connectivity index (χ1) is 5.45. The number of carbonyl (C=O) groups excluding carboxylic acids is 1. The number of carbonyl (C=O) groups is 2. The molecule has 0 aliphatic rings. The fraction of sp³-hybridized carbons (Fsp3) is 0.667. The lowest BCUT2D eigenvalue weighted by Gasteiger charge is -2.09. The molecule has 0 fully saturated rings. The lowest BCUT2D eigenvalue weighted by molar-refractivity contribution is -0.148. The highest BCUT2D eigenvalue weighted by atomic mass is 16.5. The molecule has 6 nitrogen and oxygen atoms in total. The van der Waals surface area contributed by atoms with E-state index in [1.54, 1.807) is 0 Å². The van der Waals surface area contributed by atoms with Gasteiger partial charge in [-0.2, -0.15) is 0 Å². The number of nitrogens with two attached hydrogens (primary N) is 2. The molecule has 0 aromatic carbocycles. The van der Waals surface area contributed by atoms with Gasteiger partial charge in [0, 0.05) is 0 Å². The van der Waals surface area contributed by atoms with Gasteiger partial charge in [-0.15, -0.1) is 0 Å². The summed E-state index contributed by atoms with van der Waals surface area (Å²) in [5.41, 5.74) is 10.2. The van der Waals surface area contributed by atoms with Crippen LogP contribution in [0.4, 0.5) is 0 Å². The predicted octanol–water partition coefficient (Wildman–Crippen LogP) is -1.71. The third-order valence-electron chi connectivity index (χ3n) is 1.09. The zero-order valence-electron chi connectivity index (χ0n) is 6.69. The average molecular weight is 176 g/mol. The summed E-state index contributed by atoms with van der Waals surface area (Å²) in [7, 11) is 0. The fourth-order valence-electron chi connectivity index (χ4n) is 0.375. The van der Waals surface area contributed by atoms with Gasteiger partial charge in [0.2, 0.25) is 0 Å². The topological polar surface area (TPSA) is 116 Å². The number of carboxylic acid groups (broad SMARTS) is 1. The Bertz CT molecular complexity index is 180. The van der Waals surface area contributed by atoms with Gasteiger partial charge in [-0.05, 0) is 6.92 Å². The maximum atomic E-state index is 10.7. The monoisotopic (exact) mass is 176 g/mol. The van der Waals surface area contributed by atoms with Gasteiger partial charge in [-0.3, -0.25) is 9.59 Å². The Morgan fingerprint density at radius 2 is 2.00 bits per heavy atom. The Hall–Kier alpha value is -1.14. The SMILES string of the molecule is CC(N)C(=O)OCC(N)C(=O)O. The molecule has 12 heavy (non-hydrogen) atoms. The van der Waals surface area contributed by atoms with Crippen LogP contribution in [-0.4, -0.2) is 35.7 Å². The maximum absolute atomic E-state index is 10.7. The summed E-state index contributed by atoms with van der Waals surface area (Å²) in [6, 6.07) is -1.95. The van der Waals surface area contributed by atoms with Crippen LogP contribution in [0.2, 0.25) is 0 Å². The molecule has 0 bridgehead atoms. The molecule has 0 saturated heterocycles. The van der Waals surface area contributed by atoms with Crippen molar-refractivity contribution in [3.63, 3.8) is 0 Å². The second-order valence-electron chi connectivity index (χ2n) is 2.36. The molecule has 2 atom stereocenters. The van der Waals surface area contributed by atoms with Crippen LogP contribution in [0.15, 0.2) is 0 Å². The van der Waals surface area contributed by atoms with E-state index in [2.05, 4.69) is 4.74 Å². The van der Waals surface area contributed by atoms with Crippen molar-refractivity contribution in [3.8, 4) is 0 Å². The van der Waals surface area contributed by atoms with Crippen molar-refractivity contribution in [3.05, 3.63) is 0 Å². The summed E-state index contributed by atoms with van der Waals surface area (Å²) < 4.78 is 4.46. The minimum absolute atomic E-state index is 0.351. The highest BCUT2D eigenvalue weighted by molar-refractivity contribution is 5.76. The first-order valence-corrected chi connectivity index (χ1v) is 3.35. The second-order valence-corrected chi connectivity index (χ2v) is 2.36. The summed E-state index contributed by atoms with van der Waals surface area (Å²) >= 11 is 0. The Morgan fingerprint density at radius 3 is 2.33 bits per heavy atom. The molecular formula is C6H12N2O4. The van der Waals surface area contributed by atoms with Gasteiger partial charge in [0.1, 0.15) is 18.7 Å². The highest BCUT2D eigenvalue weighted by Gasteiger charge is 2.15. The molecule has 0 spiro atoms. The van der Waals surface area contributed by atoms with Gasteiger partial charge < -0.3 is 21.3 Å². The number of carboxylic acids is 1. The molecule has 5 N–H and O–H groups in total. The Labute approximate surface area is 69.5 Å². The van der Waals surface area contributed by atoms with Crippen LogP contribution in [0, 0.1) is 0 Å². The molecule has 2 unspecified atom stereocenters. The molecule has 0 amide bonds. The number of ether oxygens (including phenoxy) is 1. The lowest BCUT2D eigenvalue weighted by atomic mass is 10.3. The summed E-state index contributed by atoms with van der Waals surface area (Å²) in [5, 5.41) is 8.29. The van der Waals surface area contributed by atoms with Gasteiger partial charge in [0.25, 0.3) is 0 Å². The highest BCUT2D eigenvalue weighted by Crippen LogP contribution is 1.86. The molecule has 0 saturated carbocycles. The minimum Gasteiger partial charge on any atom is -0.480 e. The van der Waals surface area contributed by atoms with Gasteiger partial charge in [0.15, 0.2) is 0 Å². The van der Waals surface area contributed by atoms with Gasteiger partial charge in [0.05, 0.1) is 0 Å². The summed E-state index contributed by atoms with van der Waals surface area (Å²) in [5.74, 6) is -1.88. The predicted molar refractivity (Wildman–Crippen MR) is 40.2 cm³/mol. The van der Waals surface area contributed by atoms with E-state index in [0.717, 1.165) is 0 Å². The van der Waals surface area contributed by atoms with Crippen molar-refractivity contribution in [1.82, 2.24) is 0 Å². The van der Waals surface area contributed by atoms with Gasteiger partial charge in [-0.25, -0.2) is 0 Å². The third-order valence-corrected chi connectivity index (χ3v) is 1.09. The van der Waals surface area contributed by atoms with E-state index in [4.69, 9.17) is 16.6 Å². The lowest BCUT2D eigenvalue weighted by Crippen LogP contribution is -2.38. The molecule has 0 aromatic heterocycles. The van der Waals surface area contributed by atoms with E-state index >= 15 is 0 Å². The van der Waals surface area contributed by atoms with E-state index in [1.807, 2.05) is 0 Å². The van der Waals surface area contributed by atoms with Crippen LogP contribution in [0.3, 0.4) is 0 Å². The standard InChI is InChI=1S/C6H12N2O4/c1-3(7)6(11)12-2-4(8)5(9)10/h3-4H,2,7-8H2,1H3,(H,9,10). The molecule has 70 valence electrons. The number of hydrogen-bond acceptors (Lipinski definition) is 5. The Morgan fingerprint density at radius 1 is 1.50 bits per heavy atom. The van der Waals surface area contributed by atoms with E-state index in [0.29, 0.717) is 0 Å². The Balaban J connectivity index is 3.69. The van der Waals surface area contributed by atoms with Crippen LogP contribution in [0.25, 0.3) is 0 Å². The molecule has 0 heterocycles. The fourth-order valence-corrected chi connectivity index (χ4v) is 0.375. The minimum atomic E-state index is -1.22. The van der Waals surface area contributed by atoms with Crippen molar-refractivity contribution < 1.29 is 19.4 Å². The smallest absolute Gasteiger partial charge is 0.324 e. The normalized spacial score (nSPS) is 14.9. The van der Waals surface area contributed by atoms with Crippen molar-refractivity contribution in [1.29, 1.82) is 0 Å². The van der Waals surface area contributed by atoms with E-state index < -0.39 is 24.0 Å². The second kappa shape index (κ2) is 4.68. The van der Waals surface area contributed by atoms with Gasteiger partial charge >= 0.3 is 11.9 Å². The quantitative estimate of drug-likeness (QED) is 0.439. The molecule has 0 aliphatic carbocycles. The maximum Gasteiger partial charge on any atom is 0.324 e. The number of rotatable bonds is 4. The van der Waals surface area contributed by atoms with Gasteiger partial charge in [-0.1, -0.05) is 0 Å². The Kier molecular flexibility index (Phi) is 4.24. The third kappa shape index (κ3) is 3.89. The molecule has 0 aliphatic heterocycles.